The lowest BCUT2D eigenvalue weighted by molar-refractivity contribution is 0.223. The summed E-state index contributed by atoms with van der Waals surface area (Å²) in [5, 5.41) is 3.68. The molecule has 0 saturated heterocycles. The zero-order valence-corrected chi connectivity index (χ0v) is 14.0. The highest BCUT2D eigenvalue weighted by atomic mass is 79.9. The average molecular weight is 342 g/mol. The Morgan fingerprint density at radius 1 is 1.40 bits per heavy atom. The van der Waals surface area contributed by atoms with Crippen molar-refractivity contribution in [3.05, 3.63) is 34.1 Å². The molecule has 1 aliphatic rings. The Morgan fingerprint density at radius 2 is 2.20 bits per heavy atom. The van der Waals surface area contributed by atoms with Gasteiger partial charge in [0.1, 0.15) is 5.82 Å². The van der Waals surface area contributed by atoms with Gasteiger partial charge in [0, 0.05) is 6.04 Å². The molecule has 0 heterocycles. The molecule has 0 bridgehead atoms. The third-order valence-corrected chi connectivity index (χ3v) is 4.97. The Hall–Kier alpha value is -0.410. The average Bonchev–Trinajstić information content (AvgIpc) is 2.43. The van der Waals surface area contributed by atoms with E-state index < -0.39 is 0 Å². The summed E-state index contributed by atoms with van der Waals surface area (Å²) in [4.78, 5) is 0. The van der Waals surface area contributed by atoms with Gasteiger partial charge >= 0.3 is 0 Å². The minimum atomic E-state index is -0.181. The summed E-state index contributed by atoms with van der Waals surface area (Å²) in [6.07, 6.45) is 6.35. The molecule has 0 spiro atoms. The number of halogens is 2. The summed E-state index contributed by atoms with van der Waals surface area (Å²) < 4.78 is 14.0. The normalized spacial score (nSPS) is 24.6. The fraction of sp³-hybridized carbons (Fsp3) is 0.647. The molecule has 1 fully saturated rings. The summed E-state index contributed by atoms with van der Waals surface area (Å²) in [6.45, 7) is 5.56. The summed E-state index contributed by atoms with van der Waals surface area (Å²) >= 11 is 3.32. The first-order chi connectivity index (χ1) is 9.61. The second-order valence-electron chi connectivity index (χ2n) is 6.14. The quantitative estimate of drug-likeness (QED) is 0.750. The maximum absolute atomic E-state index is 13.5. The molecule has 1 nitrogen and oxygen atoms in total. The SMILES string of the molecule is CCCNC(c1ccc(F)c(Br)c1)C1CCCC(C)C1. The third kappa shape index (κ3) is 4.05. The predicted octanol–water partition coefficient (Wildman–Crippen LogP) is 5.46. The Balaban J connectivity index is 2.19. The monoisotopic (exact) mass is 341 g/mol. The van der Waals surface area contributed by atoms with Crippen LogP contribution in [0, 0.1) is 17.7 Å². The highest BCUT2D eigenvalue weighted by Gasteiger charge is 2.27. The van der Waals surface area contributed by atoms with Gasteiger partial charge in [-0.25, -0.2) is 4.39 Å². The number of rotatable bonds is 5. The fourth-order valence-corrected chi connectivity index (χ4v) is 3.74. The molecule has 3 atom stereocenters. The Morgan fingerprint density at radius 3 is 2.85 bits per heavy atom. The molecule has 1 aromatic rings. The molecule has 0 radical (unpaired) electrons. The van der Waals surface area contributed by atoms with Crippen molar-refractivity contribution >= 4 is 15.9 Å². The number of nitrogens with one attached hydrogen (secondary N) is 1. The van der Waals surface area contributed by atoms with Gasteiger partial charge in [0.2, 0.25) is 0 Å². The van der Waals surface area contributed by atoms with Crippen molar-refractivity contribution in [2.24, 2.45) is 11.8 Å². The van der Waals surface area contributed by atoms with Crippen LogP contribution in [0.1, 0.15) is 57.6 Å². The van der Waals surface area contributed by atoms with E-state index in [9.17, 15) is 4.39 Å². The van der Waals surface area contributed by atoms with Crippen LogP contribution in [0.4, 0.5) is 4.39 Å². The van der Waals surface area contributed by atoms with Gasteiger partial charge in [-0.3, -0.25) is 0 Å². The highest BCUT2D eigenvalue weighted by molar-refractivity contribution is 9.10. The van der Waals surface area contributed by atoms with E-state index in [0.29, 0.717) is 16.4 Å². The van der Waals surface area contributed by atoms with E-state index in [1.807, 2.05) is 12.1 Å². The Kier molecular flexibility index (Phi) is 6.03. The molecular weight excluding hydrogens is 317 g/mol. The van der Waals surface area contributed by atoms with Gasteiger partial charge in [-0.2, -0.15) is 0 Å². The molecule has 1 aliphatic carbocycles. The Bertz CT molecular complexity index is 435. The van der Waals surface area contributed by atoms with Crippen LogP contribution in [0.2, 0.25) is 0 Å². The van der Waals surface area contributed by atoms with Crippen LogP contribution in [-0.4, -0.2) is 6.54 Å². The van der Waals surface area contributed by atoms with Crippen molar-refractivity contribution in [1.29, 1.82) is 0 Å². The molecular formula is C17H25BrFN. The highest BCUT2D eigenvalue weighted by Crippen LogP contribution is 2.37. The van der Waals surface area contributed by atoms with Crippen LogP contribution < -0.4 is 5.32 Å². The molecule has 3 heteroatoms. The van der Waals surface area contributed by atoms with E-state index in [1.54, 1.807) is 6.07 Å². The van der Waals surface area contributed by atoms with E-state index in [2.05, 4.69) is 35.1 Å². The standard InChI is InChI=1S/C17H25BrFN/c1-3-9-20-17(13-6-4-5-12(2)10-13)14-7-8-16(19)15(18)11-14/h7-8,11-13,17,20H,3-6,9-10H2,1-2H3. The van der Waals surface area contributed by atoms with E-state index >= 15 is 0 Å². The van der Waals surface area contributed by atoms with E-state index in [1.165, 1.54) is 31.2 Å². The van der Waals surface area contributed by atoms with Crippen molar-refractivity contribution in [3.63, 3.8) is 0 Å². The first-order valence-corrected chi connectivity index (χ1v) is 8.59. The van der Waals surface area contributed by atoms with E-state index in [0.717, 1.165) is 18.9 Å². The topological polar surface area (TPSA) is 12.0 Å². The largest absolute Gasteiger partial charge is 0.310 e. The lowest BCUT2D eigenvalue weighted by atomic mass is 9.76. The van der Waals surface area contributed by atoms with Crippen molar-refractivity contribution in [3.8, 4) is 0 Å². The van der Waals surface area contributed by atoms with Crippen LogP contribution >= 0.6 is 15.9 Å². The van der Waals surface area contributed by atoms with Gasteiger partial charge in [0.25, 0.3) is 0 Å². The van der Waals surface area contributed by atoms with Gasteiger partial charge < -0.3 is 5.32 Å². The Labute approximate surface area is 130 Å². The number of benzene rings is 1. The minimum Gasteiger partial charge on any atom is -0.310 e. The zero-order valence-electron chi connectivity index (χ0n) is 12.5. The summed E-state index contributed by atoms with van der Waals surface area (Å²) in [6, 6.07) is 5.82. The zero-order chi connectivity index (χ0) is 14.5. The molecule has 112 valence electrons. The number of hydrogen-bond donors (Lipinski definition) is 1. The van der Waals surface area contributed by atoms with Crippen LogP contribution in [0.25, 0.3) is 0 Å². The molecule has 0 amide bonds. The van der Waals surface area contributed by atoms with Crippen LogP contribution in [0.3, 0.4) is 0 Å². The molecule has 1 N–H and O–H groups in total. The number of hydrogen-bond acceptors (Lipinski definition) is 1. The summed E-state index contributed by atoms with van der Waals surface area (Å²) in [5.74, 6) is 1.30. The molecule has 1 saturated carbocycles. The predicted molar refractivity (Wildman–Crippen MR) is 86.3 cm³/mol. The molecule has 0 aliphatic heterocycles. The van der Waals surface area contributed by atoms with E-state index in [-0.39, 0.29) is 5.82 Å². The van der Waals surface area contributed by atoms with Crippen LogP contribution in [0.5, 0.6) is 0 Å². The lowest BCUT2D eigenvalue weighted by Crippen LogP contribution is -2.31. The van der Waals surface area contributed by atoms with Crippen molar-refractivity contribution in [1.82, 2.24) is 5.32 Å². The molecule has 2 rings (SSSR count). The first-order valence-electron chi connectivity index (χ1n) is 7.80. The molecule has 3 unspecified atom stereocenters. The third-order valence-electron chi connectivity index (χ3n) is 4.37. The van der Waals surface area contributed by atoms with Gasteiger partial charge in [0.15, 0.2) is 0 Å². The molecule has 1 aromatic carbocycles. The van der Waals surface area contributed by atoms with Crippen molar-refractivity contribution < 1.29 is 4.39 Å². The second kappa shape index (κ2) is 7.56. The summed E-state index contributed by atoms with van der Waals surface area (Å²) in [5.41, 5.74) is 1.21. The van der Waals surface area contributed by atoms with Crippen molar-refractivity contribution in [2.75, 3.05) is 6.54 Å². The van der Waals surface area contributed by atoms with Gasteiger partial charge in [-0.1, -0.05) is 32.8 Å². The molecule has 0 aromatic heterocycles. The van der Waals surface area contributed by atoms with Gasteiger partial charge in [0.05, 0.1) is 4.47 Å². The summed E-state index contributed by atoms with van der Waals surface area (Å²) in [7, 11) is 0. The maximum atomic E-state index is 13.5. The van der Waals surface area contributed by atoms with Crippen LogP contribution in [0.15, 0.2) is 22.7 Å². The van der Waals surface area contributed by atoms with Gasteiger partial charge in [-0.15, -0.1) is 0 Å². The second-order valence-corrected chi connectivity index (χ2v) is 6.99. The van der Waals surface area contributed by atoms with E-state index in [4.69, 9.17) is 0 Å². The maximum Gasteiger partial charge on any atom is 0.137 e. The molecule has 20 heavy (non-hydrogen) atoms. The van der Waals surface area contributed by atoms with Crippen LogP contribution in [-0.2, 0) is 0 Å². The first kappa shape index (κ1) is 16.0. The smallest absolute Gasteiger partial charge is 0.137 e. The van der Waals surface area contributed by atoms with Gasteiger partial charge in [-0.05, 0) is 71.3 Å². The lowest BCUT2D eigenvalue weighted by Gasteiger charge is -2.34. The minimum absolute atomic E-state index is 0.181. The van der Waals surface area contributed by atoms with Crippen molar-refractivity contribution in [2.45, 2.75) is 52.0 Å². The fourth-order valence-electron chi connectivity index (χ4n) is 3.35.